The molecule has 0 aliphatic carbocycles. The maximum Gasteiger partial charge on any atom is 0.309 e. The van der Waals surface area contributed by atoms with Gasteiger partial charge in [-0.15, -0.1) is 0 Å². The van der Waals surface area contributed by atoms with Crippen LogP contribution in [0.15, 0.2) is 36.9 Å². The van der Waals surface area contributed by atoms with E-state index >= 15 is 0 Å². The summed E-state index contributed by atoms with van der Waals surface area (Å²) in [6, 6.07) is 3.75. The fourth-order valence-corrected chi connectivity index (χ4v) is 2.12. The molecule has 0 unspecified atom stereocenters. The third kappa shape index (κ3) is 2.11. The summed E-state index contributed by atoms with van der Waals surface area (Å²) in [5.74, 6) is -0.133. The number of carboxylic acids is 1. The van der Waals surface area contributed by atoms with Gasteiger partial charge in [0.1, 0.15) is 11.5 Å². The number of aromatic nitrogens is 4. The van der Waals surface area contributed by atoms with E-state index in [1.165, 1.54) is 0 Å². The van der Waals surface area contributed by atoms with Crippen LogP contribution in [0.3, 0.4) is 0 Å². The van der Waals surface area contributed by atoms with Crippen molar-refractivity contribution in [2.24, 2.45) is 0 Å². The number of hydrogen-bond donors (Lipinski definition) is 1. The van der Waals surface area contributed by atoms with Crippen LogP contribution in [0.5, 0.6) is 0 Å². The molecule has 3 aromatic rings. The van der Waals surface area contributed by atoms with Gasteiger partial charge in [-0.25, -0.2) is 9.97 Å². The first-order chi connectivity index (χ1) is 9.65. The minimum Gasteiger partial charge on any atom is -0.481 e. The van der Waals surface area contributed by atoms with Crippen molar-refractivity contribution in [1.29, 1.82) is 0 Å². The molecule has 0 bridgehead atoms. The molecule has 0 atom stereocenters. The molecule has 3 rings (SSSR count). The van der Waals surface area contributed by atoms with E-state index in [1.54, 1.807) is 24.8 Å². The Morgan fingerprint density at radius 2 is 2.10 bits per heavy atom. The van der Waals surface area contributed by atoms with Crippen molar-refractivity contribution in [3.63, 3.8) is 0 Å². The number of nitrogens with zero attached hydrogens (tertiary/aromatic N) is 4. The van der Waals surface area contributed by atoms with Gasteiger partial charge in [0, 0.05) is 30.4 Å². The largest absolute Gasteiger partial charge is 0.481 e. The van der Waals surface area contributed by atoms with Crippen molar-refractivity contribution in [2.45, 2.75) is 13.3 Å². The first-order valence-electron chi connectivity index (χ1n) is 6.11. The zero-order valence-electron chi connectivity index (χ0n) is 10.8. The van der Waals surface area contributed by atoms with Crippen LogP contribution in [0.4, 0.5) is 0 Å². The van der Waals surface area contributed by atoms with E-state index < -0.39 is 5.97 Å². The summed E-state index contributed by atoms with van der Waals surface area (Å²) < 4.78 is 1.81. The number of carbonyl (C=O) groups is 1. The van der Waals surface area contributed by atoms with Crippen LogP contribution in [0.25, 0.3) is 16.8 Å². The average Bonchev–Trinajstić information content (AvgIpc) is 2.83. The lowest BCUT2D eigenvalue weighted by Crippen LogP contribution is -1.99. The van der Waals surface area contributed by atoms with Gasteiger partial charge in [-0.2, -0.15) is 0 Å². The number of rotatable bonds is 3. The number of fused-ring (bicyclic) bond motifs is 1. The van der Waals surface area contributed by atoms with Gasteiger partial charge in [-0.3, -0.25) is 14.2 Å². The molecule has 0 fully saturated rings. The highest BCUT2D eigenvalue weighted by atomic mass is 16.4. The number of aliphatic carboxylic acids is 1. The number of hydrogen-bond acceptors (Lipinski definition) is 4. The molecule has 3 aromatic heterocycles. The topological polar surface area (TPSA) is 80.4 Å². The summed E-state index contributed by atoms with van der Waals surface area (Å²) in [5, 5.41) is 8.87. The van der Waals surface area contributed by atoms with Gasteiger partial charge < -0.3 is 5.11 Å². The van der Waals surface area contributed by atoms with Crippen LogP contribution in [0.1, 0.15) is 11.5 Å². The van der Waals surface area contributed by atoms with E-state index in [0.717, 1.165) is 17.0 Å². The van der Waals surface area contributed by atoms with Gasteiger partial charge in [-0.05, 0) is 24.6 Å². The lowest BCUT2D eigenvalue weighted by Gasteiger charge is -2.05. The van der Waals surface area contributed by atoms with Crippen LogP contribution in [-0.2, 0) is 11.2 Å². The maximum atomic E-state index is 10.8. The number of carboxylic acid groups (broad SMARTS) is 1. The van der Waals surface area contributed by atoms with E-state index in [4.69, 9.17) is 5.11 Å². The molecule has 0 saturated heterocycles. The molecule has 0 aromatic carbocycles. The van der Waals surface area contributed by atoms with Crippen molar-refractivity contribution in [1.82, 2.24) is 19.4 Å². The van der Waals surface area contributed by atoms with E-state index in [-0.39, 0.29) is 6.42 Å². The van der Waals surface area contributed by atoms with E-state index in [1.807, 2.05) is 23.5 Å². The van der Waals surface area contributed by atoms with Gasteiger partial charge in [0.2, 0.25) is 0 Å². The number of imidazole rings is 1. The molecular weight excluding hydrogens is 256 g/mol. The molecule has 0 amide bonds. The Labute approximate surface area is 114 Å². The molecule has 0 radical (unpaired) electrons. The number of pyridine rings is 1. The zero-order chi connectivity index (χ0) is 14.1. The van der Waals surface area contributed by atoms with Crippen LogP contribution in [-0.4, -0.2) is 30.4 Å². The fraction of sp³-hybridized carbons (Fsp3) is 0.143. The van der Waals surface area contributed by atoms with E-state index in [2.05, 4.69) is 15.0 Å². The van der Waals surface area contributed by atoms with Gasteiger partial charge in [-0.1, -0.05) is 0 Å². The van der Waals surface area contributed by atoms with Gasteiger partial charge in [0.25, 0.3) is 0 Å². The highest BCUT2D eigenvalue weighted by molar-refractivity contribution is 5.77. The van der Waals surface area contributed by atoms with Crippen molar-refractivity contribution in [3.8, 4) is 11.1 Å². The minimum atomic E-state index is -0.899. The zero-order valence-corrected chi connectivity index (χ0v) is 10.8. The van der Waals surface area contributed by atoms with Crippen LogP contribution >= 0.6 is 0 Å². The Hall–Kier alpha value is -2.76. The molecule has 6 nitrogen and oxygen atoms in total. The molecule has 100 valence electrons. The summed E-state index contributed by atoms with van der Waals surface area (Å²) in [6.45, 7) is 1.86. The normalized spacial score (nSPS) is 10.8. The fourth-order valence-electron chi connectivity index (χ4n) is 2.12. The Balaban J connectivity index is 2.21. The molecule has 1 N–H and O–H groups in total. The summed E-state index contributed by atoms with van der Waals surface area (Å²) >= 11 is 0. The second-order valence-corrected chi connectivity index (χ2v) is 4.45. The van der Waals surface area contributed by atoms with Crippen molar-refractivity contribution in [3.05, 3.63) is 48.4 Å². The van der Waals surface area contributed by atoms with Crippen LogP contribution in [0, 0.1) is 6.92 Å². The highest BCUT2D eigenvalue weighted by Crippen LogP contribution is 2.23. The SMILES string of the molecule is Cc1ncc(-c2ccncc2)c2nc(CC(=O)O)cn12. The Bertz CT molecular complexity index is 780. The average molecular weight is 268 g/mol. The molecule has 20 heavy (non-hydrogen) atoms. The van der Waals surface area contributed by atoms with E-state index in [0.29, 0.717) is 11.3 Å². The number of aryl methyl sites for hydroxylation is 1. The molecule has 0 spiro atoms. The predicted octanol–water partition coefficient (Wildman–Crippen LogP) is 1.73. The van der Waals surface area contributed by atoms with Crippen LogP contribution in [0.2, 0.25) is 0 Å². The van der Waals surface area contributed by atoms with Crippen molar-refractivity contribution >= 4 is 11.6 Å². The minimum absolute atomic E-state index is 0.100. The Morgan fingerprint density at radius 1 is 1.35 bits per heavy atom. The molecule has 0 aliphatic rings. The molecule has 3 heterocycles. The highest BCUT2D eigenvalue weighted by Gasteiger charge is 2.12. The summed E-state index contributed by atoms with van der Waals surface area (Å²) in [5.41, 5.74) is 3.03. The van der Waals surface area contributed by atoms with Crippen molar-refractivity contribution < 1.29 is 9.90 Å². The third-order valence-corrected chi connectivity index (χ3v) is 3.05. The predicted molar refractivity (Wildman–Crippen MR) is 72.3 cm³/mol. The Kier molecular flexibility index (Phi) is 2.90. The lowest BCUT2D eigenvalue weighted by molar-refractivity contribution is -0.136. The van der Waals surface area contributed by atoms with Gasteiger partial charge in [0.15, 0.2) is 0 Å². The van der Waals surface area contributed by atoms with E-state index in [9.17, 15) is 4.79 Å². The van der Waals surface area contributed by atoms with Gasteiger partial charge in [0.05, 0.1) is 12.1 Å². The molecule has 0 saturated carbocycles. The second kappa shape index (κ2) is 4.73. The maximum absolute atomic E-state index is 10.8. The quantitative estimate of drug-likeness (QED) is 0.782. The lowest BCUT2D eigenvalue weighted by atomic mass is 10.1. The molecule has 0 aliphatic heterocycles. The monoisotopic (exact) mass is 268 g/mol. The summed E-state index contributed by atoms with van der Waals surface area (Å²) in [6.07, 6.45) is 6.77. The summed E-state index contributed by atoms with van der Waals surface area (Å²) in [7, 11) is 0. The Morgan fingerprint density at radius 3 is 2.80 bits per heavy atom. The second-order valence-electron chi connectivity index (χ2n) is 4.45. The van der Waals surface area contributed by atoms with Crippen LogP contribution < -0.4 is 0 Å². The van der Waals surface area contributed by atoms with Gasteiger partial charge >= 0.3 is 5.97 Å². The standard InChI is InChI=1S/C14H12N4O2/c1-9-16-7-12(10-2-4-15-5-3-10)14-17-11(6-13(19)20)8-18(9)14/h2-5,7-8H,6H2,1H3,(H,19,20). The third-order valence-electron chi connectivity index (χ3n) is 3.05. The first-order valence-corrected chi connectivity index (χ1v) is 6.11. The van der Waals surface area contributed by atoms with Crippen molar-refractivity contribution in [2.75, 3.05) is 0 Å². The first kappa shape index (κ1) is 12.3. The molecule has 6 heteroatoms. The smallest absolute Gasteiger partial charge is 0.309 e. The molecular formula is C14H12N4O2. The summed E-state index contributed by atoms with van der Waals surface area (Å²) in [4.78, 5) is 23.5.